The molecule has 3 aliphatic heterocycles. The lowest BCUT2D eigenvalue weighted by Crippen LogP contribution is -2.46. The number of benzene rings is 2. The molecule has 4 fully saturated rings. The summed E-state index contributed by atoms with van der Waals surface area (Å²) in [5, 5.41) is 0. The Labute approximate surface area is 226 Å². The maximum Gasteiger partial charge on any atom is 0.229 e. The SMILES string of the molecule is COc1ccc(CN2CCC3(CCN(CC4CN(C(=O)CC5CC5)CC4c4ccccc4)CC3)C2=O)cc1. The van der Waals surface area contributed by atoms with E-state index in [0.717, 1.165) is 76.3 Å². The van der Waals surface area contributed by atoms with E-state index in [9.17, 15) is 9.59 Å². The second-order valence-corrected chi connectivity index (χ2v) is 12.1. The van der Waals surface area contributed by atoms with Crippen LogP contribution in [-0.2, 0) is 16.1 Å². The molecule has 202 valence electrons. The van der Waals surface area contributed by atoms with E-state index < -0.39 is 0 Å². The van der Waals surface area contributed by atoms with Gasteiger partial charge in [-0.15, -0.1) is 0 Å². The Hall–Kier alpha value is -2.86. The van der Waals surface area contributed by atoms with Crippen molar-refractivity contribution in [3.63, 3.8) is 0 Å². The third-order valence-electron chi connectivity index (χ3n) is 9.62. The molecule has 4 aliphatic rings. The number of ether oxygens (including phenoxy) is 1. The number of rotatable bonds is 8. The van der Waals surface area contributed by atoms with Crippen molar-refractivity contribution >= 4 is 11.8 Å². The zero-order chi connectivity index (χ0) is 26.1. The van der Waals surface area contributed by atoms with E-state index in [1.54, 1.807) is 7.11 Å². The highest BCUT2D eigenvalue weighted by Crippen LogP contribution is 2.43. The standard InChI is InChI=1S/C32H41N3O3/c1-38-28-11-9-25(10-12-28)20-34-18-15-32(31(34)37)13-16-33(17-14-32)21-27-22-35(30(36)19-24-7-8-24)23-29(27)26-5-3-2-4-6-26/h2-6,9-12,24,27,29H,7-8,13-23H2,1H3. The van der Waals surface area contributed by atoms with Gasteiger partial charge in [-0.3, -0.25) is 9.59 Å². The van der Waals surface area contributed by atoms with Gasteiger partial charge in [0.15, 0.2) is 0 Å². The van der Waals surface area contributed by atoms with E-state index in [4.69, 9.17) is 4.74 Å². The van der Waals surface area contributed by atoms with E-state index >= 15 is 0 Å². The second kappa shape index (κ2) is 10.7. The number of piperidine rings is 1. The number of amides is 2. The van der Waals surface area contributed by atoms with Gasteiger partial charge in [-0.25, -0.2) is 0 Å². The summed E-state index contributed by atoms with van der Waals surface area (Å²) in [4.78, 5) is 33.3. The normalized spacial score (nSPS) is 25.3. The van der Waals surface area contributed by atoms with Gasteiger partial charge in [0.1, 0.15) is 5.75 Å². The zero-order valence-electron chi connectivity index (χ0n) is 22.7. The largest absolute Gasteiger partial charge is 0.497 e. The van der Waals surface area contributed by atoms with Crippen LogP contribution in [-0.4, -0.2) is 72.9 Å². The lowest BCUT2D eigenvalue weighted by molar-refractivity contribution is -0.139. The van der Waals surface area contributed by atoms with Crippen LogP contribution in [0.3, 0.4) is 0 Å². The molecule has 0 bridgehead atoms. The fourth-order valence-corrected chi connectivity index (χ4v) is 6.99. The Balaban J connectivity index is 1.06. The summed E-state index contributed by atoms with van der Waals surface area (Å²) in [6.45, 7) is 6.18. The molecular weight excluding hydrogens is 474 g/mol. The minimum atomic E-state index is -0.191. The molecule has 0 radical (unpaired) electrons. The number of nitrogens with zero attached hydrogens (tertiary/aromatic N) is 3. The van der Waals surface area contributed by atoms with Crippen LogP contribution in [0.2, 0.25) is 0 Å². The first-order valence-corrected chi connectivity index (χ1v) is 14.5. The Morgan fingerprint density at radius 2 is 1.66 bits per heavy atom. The van der Waals surface area contributed by atoms with Gasteiger partial charge in [0.2, 0.25) is 11.8 Å². The van der Waals surface area contributed by atoms with Gasteiger partial charge in [0.25, 0.3) is 0 Å². The van der Waals surface area contributed by atoms with E-state index in [-0.39, 0.29) is 5.41 Å². The smallest absolute Gasteiger partial charge is 0.229 e. The summed E-state index contributed by atoms with van der Waals surface area (Å²) < 4.78 is 5.27. The van der Waals surface area contributed by atoms with Crippen LogP contribution in [0.4, 0.5) is 0 Å². The summed E-state index contributed by atoms with van der Waals surface area (Å²) in [7, 11) is 1.67. The maximum atomic E-state index is 13.5. The van der Waals surface area contributed by atoms with Crippen molar-refractivity contribution < 1.29 is 14.3 Å². The van der Waals surface area contributed by atoms with Crippen molar-refractivity contribution in [3.05, 3.63) is 65.7 Å². The van der Waals surface area contributed by atoms with Gasteiger partial charge in [-0.1, -0.05) is 42.5 Å². The van der Waals surface area contributed by atoms with Crippen molar-refractivity contribution in [2.24, 2.45) is 17.3 Å². The number of methoxy groups -OCH3 is 1. The monoisotopic (exact) mass is 515 g/mol. The highest BCUT2D eigenvalue weighted by atomic mass is 16.5. The number of carbonyl (C=O) groups excluding carboxylic acids is 2. The molecule has 6 rings (SSSR count). The summed E-state index contributed by atoms with van der Waals surface area (Å²) in [6.07, 6.45) is 6.02. The Kier molecular flexibility index (Phi) is 7.17. The Morgan fingerprint density at radius 3 is 2.34 bits per heavy atom. The van der Waals surface area contributed by atoms with Gasteiger partial charge in [-0.05, 0) is 80.3 Å². The van der Waals surface area contributed by atoms with Crippen molar-refractivity contribution in [2.75, 3.05) is 46.4 Å². The molecule has 2 aromatic carbocycles. The van der Waals surface area contributed by atoms with Crippen LogP contribution >= 0.6 is 0 Å². The highest BCUT2D eigenvalue weighted by molar-refractivity contribution is 5.85. The fourth-order valence-electron chi connectivity index (χ4n) is 6.99. The first-order valence-electron chi connectivity index (χ1n) is 14.5. The topological polar surface area (TPSA) is 53.1 Å². The predicted octanol–water partition coefficient (Wildman–Crippen LogP) is 4.55. The molecule has 2 aromatic rings. The second-order valence-electron chi connectivity index (χ2n) is 12.1. The minimum Gasteiger partial charge on any atom is -0.497 e. The molecule has 1 aliphatic carbocycles. The van der Waals surface area contributed by atoms with Crippen molar-refractivity contribution in [1.29, 1.82) is 0 Å². The molecule has 0 N–H and O–H groups in total. The first kappa shape index (κ1) is 25.4. The van der Waals surface area contributed by atoms with Gasteiger partial charge >= 0.3 is 0 Å². The molecule has 38 heavy (non-hydrogen) atoms. The molecule has 0 aromatic heterocycles. The molecular formula is C32H41N3O3. The average Bonchev–Trinajstić information content (AvgIpc) is 3.60. The molecule has 6 heteroatoms. The minimum absolute atomic E-state index is 0.191. The third-order valence-corrected chi connectivity index (χ3v) is 9.62. The van der Waals surface area contributed by atoms with Crippen molar-refractivity contribution in [2.45, 2.75) is 51.0 Å². The predicted molar refractivity (Wildman–Crippen MR) is 148 cm³/mol. The van der Waals surface area contributed by atoms with E-state index in [0.29, 0.717) is 36.1 Å². The average molecular weight is 516 g/mol. The molecule has 6 nitrogen and oxygen atoms in total. The molecule has 1 spiro atoms. The van der Waals surface area contributed by atoms with Crippen LogP contribution in [0.1, 0.15) is 55.6 Å². The Morgan fingerprint density at radius 1 is 0.947 bits per heavy atom. The third kappa shape index (κ3) is 5.33. The van der Waals surface area contributed by atoms with E-state index in [1.165, 1.54) is 18.4 Å². The van der Waals surface area contributed by atoms with Gasteiger partial charge in [0.05, 0.1) is 12.5 Å². The summed E-state index contributed by atoms with van der Waals surface area (Å²) >= 11 is 0. The quantitative estimate of drug-likeness (QED) is 0.518. The van der Waals surface area contributed by atoms with Gasteiger partial charge in [0, 0.05) is 45.1 Å². The molecule has 2 unspecified atom stereocenters. The van der Waals surface area contributed by atoms with Crippen LogP contribution in [0.15, 0.2) is 54.6 Å². The van der Waals surface area contributed by atoms with Crippen LogP contribution in [0.5, 0.6) is 5.75 Å². The number of likely N-dealkylation sites (tertiary alicyclic amines) is 3. The fraction of sp³-hybridized carbons (Fsp3) is 0.562. The number of hydrogen-bond donors (Lipinski definition) is 0. The summed E-state index contributed by atoms with van der Waals surface area (Å²) in [6, 6.07) is 18.8. The van der Waals surface area contributed by atoms with Crippen molar-refractivity contribution in [3.8, 4) is 5.75 Å². The molecule has 3 heterocycles. The summed E-state index contributed by atoms with van der Waals surface area (Å²) in [5.74, 6) is 3.00. The van der Waals surface area contributed by atoms with Crippen molar-refractivity contribution in [1.82, 2.24) is 14.7 Å². The van der Waals surface area contributed by atoms with Crippen LogP contribution in [0, 0.1) is 17.3 Å². The van der Waals surface area contributed by atoms with Crippen LogP contribution < -0.4 is 4.74 Å². The zero-order valence-corrected chi connectivity index (χ0v) is 22.7. The molecule has 3 saturated heterocycles. The molecule has 2 atom stereocenters. The van der Waals surface area contributed by atoms with E-state index in [2.05, 4.69) is 57.2 Å². The van der Waals surface area contributed by atoms with Gasteiger partial charge < -0.3 is 19.4 Å². The van der Waals surface area contributed by atoms with Crippen LogP contribution in [0.25, 0.3) is 0 Å². The van der Waals surface area contributed by atoms with E-state index in [1.807, 2.05) is 12.1 Å². The molecule has 1 saturated carbocycles. The summed E-state index contributed by atoms with van der Waals surface area (Å²) in [5.41, 5.74) is 2.32. The molecule has 2 amide bonds. The lowest BCUT2D eigenvalue weighted by atomic mass is 9.76. The number of hydrogen-bond acceptors (Lipinski definition) is 4. The maximum absolute atomic E-state index is 13.5. The van der Waals surface area contributed by atoms with Gasteiger partial charge in [-0.2, -0.15) is 0 Å². The lowest BCUT2D eigenvalue weighted by Gasteiger charge is -2.39. The Bertz CT molecular complexity index is 1120. The first-order chi connectivity index (χ1) is 18.5. The number of carbonyl (C=O) groups is 2. The highest BCUT2D eigenvalue weighted by Gasteiger charge is 2.48.